The molecule has 1 saturated heterocycles. The van der Waals surface area contributed by atoms with Crippen molar-refractivity contribution in [2.75, 3.05) is 26.7 Å². The molecule has 84 valence electrons. The average Bonchev–Trinajstić information content (AvgIpc) is 2.18. The van der Waals surface area contributed by atoms with Gasteiger partial charge in [-0.1, -0.05) is 13.8 Å². The first-order valence-electron chi connectivity index (χ1n) is 6.02. The summed E-state index contributed by atoms with van der Waals surface area (Å²) in [5, 5.41) is 3.42. The van der Waals surface area contributed by atoms with Crippen molar-refractivity contribution in [2.45, 2.75) is 39.7 Å². The summed E-state index contributed by atoms with van der Waals surface area (Å²) in [6, 6.07) is 0.713. The Morgan fingerprint density at radius 1 is 1.21 bits per heavy atom. The fraction of sp³-hybridized carbons (Fsp3) is 1.00. The summed E-state index contributed by atoms with van der Waals surface area (Å²) in [7, 11) is 2.27. The van der Waals surface area contributed by atoms with E-state index in [9.17, 15) is 0 Å². The number of hydrogen-bond donors (Lipinski definition) is 1. The minimum atomic E-state index is 0.713. The van der Waals surface area contributed by atoms with Crippen LogP contribution in [0.1, 0.15) is 33.6 Å². The number of nitrogens with zero attached hydrogens (tertiary/aromatic N) is 1. The molecule has 2 nitrogen and oxygen atoms in total. The van der Waals surface area contributed by atoms with Gasteiger partial charge in [-0.3, -0.25) is 0 Å². The number of piperidine rings is 1. The van der Waals surface area contributed by atoms with Crippen LogP contribution in [-0.2, 0) is 0 Å². The summed E-state index contributed by atoms with van der Waals surface area (Å²) in [4.78, 5) is 2.53. The molecule has 0 amide bonds. The Hall–Kier alpha value is -0.0800. The first-order chi connectivity index (χ1) is 6.61. The maximum atomic E-state index is 3.42. The minimum absolute atomic E-state index is 0.713. The molecule has 1 fully saturated rings. The van der Waals surface area contributed by atoms with Crippen LogP contribution in [-0.4, -0.2) is 37.6 Å². The summed E-state index contributed by atoms with van der Waals surface area (Å²) in [6.45, 7) is 10.7. The first-order valence-corrected chi connectivity index (χ1v) is 6.02. The van der Waals surface area contributed by atoms with E-state index in [1.807, 2.05) is 0 Å². The van der Waals surface area contributed by atoms with Crippen LogP contribution in [0, 0.1) is 11.8 Å². The van der Waals surface area contributed by atoms with E-state index in [-0.39, 0.29) is 0 Å². The predicted octanol–water partition coefficient (Wildman–Crippen LogP) is 1.96. The van der Waals surface area contributed by atoms with Crippen molar-refractivity contribution in [1.29, 1.82) is 0 Å². The molecule has 2 heteroatoms. The highest BCUT2D eigenvalue weighted by Crippen LogP contribution is 2.16. The molecule has 1 heterocycles. The van der Waals surface area contributed by atoms with Gasteiger partial charge >= 0.3 is 0 Å². The van der Waals surface area contributed by atoms with Crippen molar-refractivity contribution in [3.63, 3.8) is 0 Å². The molecule has 1 rings (SSSR count). The standard InChI is InChI=1S/C12H26N2/c1-10(2)11(3)14(4)9-12-5-7-13-8-6-12/h10-13H,5-9H2,1-4H3. The van der Waals surface area contributed by atoms with Crippen LogP contribution in [0.4, 0.5) is 0 Å². The molecule has 0 aromatic rings. The van der Waals surface area contributed by atoms with Crippen LogP contribution >= 0.6 is 0 Å². The molecule has 0 spiro atoms. The van der Waals surface area contributed by atoms with Gasteiger partial charge in [-0.2, -0.15) is 0 Å². The molecule has 0 saturated carbocycles. The predicted molar refractivity (Wildman–Crippen MR) is 62.5 cm³/mol. The largest absolute Gasteiger partial charge is 0.317 e. The van der Waals surface area contributed by atoms with Gasteiger partial charge in [0.25, 0.3) is 0 Å². The van der Waals surface area contributed by atoms with Crippen LogP contribution in [0.5, 0.6) is 0 Å². The van der Waals surface area contributed by atoms with E-state index in [1.165, 1.54) is 32.5 Å². The Balaban J connectivity index is 2.27. The van der Waals surface area contributed by atoms with Gasteiger partial charge < -0.3 is 10.2 Å². The van der Waals surface area contributed by atoms with Gasteiger partial charge in [-0.15, -0.1) is 0 Å². The second kappa shape index (κ2) is 5.72. The van der Waals surface area contributed by atoms with Gasteiger partial charge in [0.2, 0.25) is 0 Å². The zero-order valence-corrected chi connectivity index (χ0v) is 10.2. The van der Waals surface area contributed by atoms with E-state index >= 15 is 0 Å². The molecule has 14 heavy (non-hydrogen) atoms. The van der Waals surface area contributed by atoms with Gasteiger partial charge in [0, 0.05) is 12.6 Å². The molecular weight excluding hydrogens is 172 g/mol. The van der Waals surface area contributed by atoms with E-state index in [0.29, 0.717) is 6.04 Å². The first kappa shape index (κ1) is 12.0. The van der Waals surface area contributed by atoms with E-state index in [4.69, 9.17) is 0 Å². The lowest BCUT2D eigenvalue weighted by atomic mass is 9.96. The Bertz CT molecular complexity index is 150. The molecular formula is C12H26N2. The van der Waals surface area contributed by atoms with Gasteiger partial charge in [0.1, 0.15) is 0 Å². The van der Waals surface area contributed by atoms with Crippen molar-refractivity contribution >= 4 is 0 Å². The molecule has 0 radical (unpaired) electrons. The number of rotatable bonds is 4. The number of hydrogen-bond acceptors (Lipinski definition) is 2. The lowest BCUT2D eigenvalue weighted by Crippen LogP contribution is -2.40. The van der Waals surface area contributed by atoms with E-state index < -0.39 is 0 Å². The maximum absolute atomic E-state index is 3.42. The summed E-state index contributed by atoms with van der Waals surface area (Å²) >= 11 is 0. The summed E-state index contributed by atoms with van der Waals surface area (Å²) in [5.41, 5.74) is 0. The van der Waals surface area contributed by atoms with Crippen LogP contribution in [0.15, 0.2) is 0 Å². The van der Waals surface area contributed by atoms with Crippen molar-refractivity contribution in [3.8, 4) is 0 Å². The molecule has 0 aromatic heterocycles. The fourth-order valence-electron chi connectivity index (χ4n) is 2.15. The van der Waals surface area contributed by atoms with E-state index in [1.54, 1.807) is 0 Å². The van der Waals surface area contributed by atoms with Crippen LogP contribution in [0.25, 0.3) is 0 Å². The molecule has 1 N–H and O–H groups in total. The van der Waals surface area contributed by atoms with E-state index in [0.717, 1.165) is 11.8 Å². The highest BCUT2D eigenvalue weighted by atomic mass is 15.1. The van der Waals surface area contributed by atoms with Gasteiger partial charge in [0.15, 0.2) is 0 Å². The quantitative estimate of drug-likeness (QED) is 0.743. The van der Waals surface area contributed by atoms with Crippen molar-refractivity contribution < 1.29 is 0 Å². The second-order valence-corrected chi connectivity index (χ2v) is 5.12. The van der Waals surface area contributed by atoms with Crippen molar-refractivity contribution in [3.05, 3.63) is 0 Å². The minimum Gasteiger partial charge on any atom is -0.317 e. The monoisotopic (exact) mass is 198 g/mol. The van der Waals surface area contributed by atoms with Crippen LogP contribution in [0.2, 0.25) is 0 Å². The third-order valence-electron chi connectivity index (χ3n) is 3.66. The average molecular weight is 198 g/mol. The third kappa shape index (κ3) is 3.58. The Labute approximate surface area is 89.1 Å². The molecule has 1 atom stereocenters. The highest BCUT2D eigenvalue weighted by molar-refractivity contribution is 4.74. The maximum Gasteiger partial charge on any atom is 0.00869 e. The second-order valence-electron chi connectivity index (χ2n) is 5.12. The molecule has 1 aliphatic heterocycles. The van der Waals surface area contributed by atoms with Crippen molar-refractivity contribution in [1.82, 2.24) is 10.2 Å². The highest BCUT2D eigenvalue weighted by Gasteiger charge is 2.19. The topological polar surface area (TPSA) is 15.3 Å². The lowest BCUT2D eigenvalue weighted by molar-refractivity contribution is 0.164. The van der Waals surface area contributed by atoms with Crippen molar-refractivity contribution in [2.24, 2.45) is 11.8 Å². The SMILES string of the molecule is CC(C)C(C)N(C)CC1CCNCC1. The van der Waals surface area contributed by atoms with Gasteiger partial charge in [0.05, 0.1) is 0 Å². The van der Waals surface area contributed by atoms with Gasteiger partial charge in [-0.05, 0) is 51.7 Å². The smallest absolute Gasteiger partial charge is 0.00869 e. The zero-order chi connectivity index (χ0) is 10.6. The molecule has 0 aliphatic carbocycles. The molecule has 1 aliphatic rings. The fourth-order valence-corrected chi connectivity index (χ4v) is 2.15. The summed E-state index contributed by atoms with van der Waals surface area (Å²) in [5.74, 6) is 1.68. The molecule has 1 unspecified atom stereocenters. The Morgan fingerprint density at radius 2 is 1.79 bits per heavy atom. The number of nitrogens with one attached hydrogen (secondary N) is 1. The third-order valence-corrected chi connectivity index (χ3v) is 3.66. The Kier molecular flexibility index (Phi) is 4.90. The molecule has 0 bridgehead atoms. The summed E-state index contributed by atoms with van der Waals surface area (Å²) in [6.07, 6.45) is 2.71. The summed E-state index contributed by atoms with van der Waals surface area (Å²) < 4.78 is 0. The normalized spacial score (nSPS) is 21.9. The van der Waals surface area contributed by atoms with Crippen LogP contribution in [0.3, 0.4) is 0 Å². The lowest BCUT2D eigenvalue weighted by Gasteiger charge is -2.33. The van der Waals surface area contributed by atoms with E-state index in [2.05, 4.69) is 38.0 Å². The Morgan fingerprint density at radius 3 is 2.29 bits per heavy atom. The van der Waals surface area contributed by atoms with Gasteiger partial charge in [-0.25, -0.2) is 0 Å². The van der Waals surface area contributed by atoms with Crippen LogP contribution < -0.4 is 5.32 Å². The zero-order valence-electron chi connectivity index (χ0n) is 10.2. The molecule has 0 aromatic carbocycles.